The fraction of sp³-hybridized carbons (Fsp3) is 1.00. The molecule has 1 saturated heterocycles. The molecule has 2 heteroatoms. The Labute approximate surface area is 127 Å². The van der Waals surface area contributed by atoms with Gasteiger partial charge in [-0.15, -0.1) is 0 Å². The zero-order chi connectivity index (χ0) is 15.0. The maximum atomic E-state index is 3.77. The summed E-state index contributed by atoms with van der Waals surface area (Å²) in [5.74, 6) is 0. The van der Waals surface area contributed by atoms with Gasteiger partial charge in [-0.05, 0) is 24.8 Å². The first-order chi connectivity index (χ1) is 9.49. The monoisotopic (exact) mass is 282 g/mol. The van der Waals surface area contributed by atoms with E-state index in [1.165, 1.54) is 64.6 Å². The van der Waals surface area contributed by atoms with Crippen LogP contribution in [0.4, 0.5) is 0 Å². The van der Waals surface area contributed by atoms with Gasteiger partial charge in [0.1, 0.15) is 0 Å². The summed E-state index contributed by atoms with van der Waals surface area (Å²) in [6.07, 6.45) is 9.71. The van der Waals surface area contributed by atoms with Crippen molar-refractivity contribution in [2.24, 2.45) is 5.41 Å². The van der Waals surface area contributed by atoms with Crippen LogP contribution in [0.3, 0.4) is 0 Å². The SMILES string of the molecule is CCCCCCCCN1CC(C(C)(C)C)NCC1CC. The predicted octanol–water partition coefficient (Wildman–Crippen LogP) is 4.45. The Balaban J connectivity index is 2.31. The topological polar surface area (TPSA) is 15.3 Å². The Morgan fingerprint density at radius 1 is 1.00 bits per heavy atom. The van der Waals surface area contributed by atoms with E-state index in [0.717, 1.165) is 6.04 Å². The van der Waals surface area contributed by atoms with E-state index in [2.05, 4.69) is 44.8 Å². The van der Waals surface area contributed by atoms with E-state index < -0.39 is 0 Å². The highest BCUT2D eigenvalue weighted by molar-refractivity contribution is 4.91. The van der Waals surface area contributed by atoms with Crippen molar-refractivity contribution >= 4 is 0 Å². The van der Waals surface area contributed by atoms with Gasteiger partial charge in [0.05, 0.1) is 0 Å². The summed E-state index contributed by atoms with van der Waals surface area (Å²) in [5, 5.41) is 3.77. The summed E-state index contributed by atoms with van der Waals surface area (Å²) in [4.78, 5) is 2.76. The highest BCUT2D eigenvalue weighted by atomic mass is 15.2. The summed E-state index contributed by atoms with van der Waals surface area (Å²) in [7, 11) is 0. The second kappa shape index (κ2) is 9.04. The molecule has 0 aromatic carbocycles. The van der Waals surface area contributed by atoms with Crippen molar-refractivity contribution in [2.45, 2.75) is 91.6 Å². The molecule has 2 unspecified atom stereocenters. The Hall–Kier alpha value is -0.0800. The molecule has 0 spiro atoms. The summed E-state index contributed by atoms with van der Waals surface area (Å²) >= 11 is 0. The minimum atomic E-state index is 0.373. The van der Waals surface area contributed by atoms with Gasteiger partial charge >= 0.3 is 0 Å². The summed E-state index contributed by atoms with van der Waals surface area (Å²) < 4.78 is 0. The largest absolute Gasteiger partial charge is 0.311 e. The van der Waals surface area contributed by atoms with Gasteiger partial charge in [-0.3, -0.25) is 4.90 Å². The van der Waals surface area contributed by atoms with Crippen LogP contribution < -0.4 is 5.32 Å². The van der Waals surface area contributed by atoms with Crippen molar-refractivity contribution in [1.82, 2.24) is 10.2 Å². The van der Waals surface area contributed by atoms with E-state index in [1.54, 1.807) is 0 Å². The second-order valence-corrected chi connectivity index (χ2v) is 7.65. The van der Waals surface area contributed by atoms with Crippen LogP contribution in [0.2, 0.25) is 0 Å². The number of rotatable bonds is 8. The van der Waals surface area contributed by atoms with Gasteiger partial charge in [-0.2, -0.15) is 0 Å². The molecule has 1 N–H and O–H groups in total. The molecule has 120 valence electrons. The van der Waals surface area contributed by atoms with Gasteiger partial charge in [0.15, 0.2) is 0 Å². The molecular formula is C18H38N2. The first kappa shape index (κ1) is 18.0. The zero-order valence-corrected chi connectivity index (χ0v) is 14.7. The highest BCUT2D eigenvalue weighted by Gasteiger charge is 2.32. The van der Waals surface area contributed by atoms with Gasteiger partial charge in [-0.1, -0.05) is 66.7 Å². The van der Waals surface area contributed by atoms with Crippen molar-refractivity contribution in [3.8, 4) is 0 Å². The fourth-order valence-electron chi connectivity index (χ4n) is 3.21. The molecule has 1 aliphatic heterocycles. The average Bonchev–Trinajstić information content (AvgIpc) is 2.41. The van der Waals surface area contributed by atoms with Gasteiger partial charge < -0.3 is 5.32 Å². The molecule has 0 radical (unpaired) electrons. The summed E-state index contributed by atoms with van der Waals surface area (Å²) in [5.41, 5.74) is 0.373. The molecule has 0 bridgehead atoms. The maximum absolute atomic E-state index is 3.77. The molecule has 0 aromatic rings. The van der Waals surface area contributed by atoms with E-state index in [4.69, 9.17) is 0 Å². The first-order valence-electron chi connectivity index (χ1n) is 8.96. The fourth-order valence-corrected chi connectivity index (χ4v) is 3.21. The van der Waals surface area contributed by atoms with Gasteiger partial charge in [0.2, 0.25) is 0 Å². The number of unbranched alkanes of at least 4 members (excludes halogenated alkanes) is 5. The second-order valence-electron chi connectivity index (χ2n) is 7.65. The highest BCUT2D eigenvalue weighted by Crippen LogP contribution is 2.24. The number of nitrogens with zero attached hydrogens (tertiary/aromatic N) is 1. The normalized spacial score (nSPS) is 25.1. The molecule has 2 nitrogen and oxygen atoms in total. The molecule has 0 amide bonds. The molecule has 1 heterocycles. The van der Waals surface area contributed by atoms with Crippen LogP contribution in [0, 0.1) is 5.41 Å². The van der Waals surface area contributed by atoms with Crippen LogP contribution in [-0.2, 0) is 0 Å². The van der Waals surface area contributed by atoms with Crippen LogP contribution in [0.1, 0.15) is 79.6 Å². The summed E-state index contributed by atoms with van der Waals surface area (Å²) in [6, 6.07) is 1.40. The lowest BCUT2D eigenvalue weighted by Crippen LogP contribution is -2.60. The molecular weight excluding hydrogens is 244 g/mol. The molecule has 0 aliphatic carbocycles. The quantitative estimate of drug-likeness (QED) is 0.662. The lowest BCUT2D eigenvalue weighted by molar-refractivity contribution is 0.0820. The first-order valence-corrected chi connectivity index (χ1v) is 8.96. The van der Waals surface area contributed by atoms with Crippen molar-refractivity contribution in [3.63, 3.8) is 0 Å². The predicted molar refractivity (Wildman–Crippen MR) is 90.3 cm³/mol. The molecule has 0 saturated carbocycles. The number of piperazine rings is 1. The minimum absolute atomic E-state index is 0.373. The molecule has 1 fully saturated rings. The lowest BCUT2D eigenvalue weighted by Gasteiger charge is -2.45. The van der Waals surface area contributed by atoms with E-state index in [9.17, 15) is 0 Å². The van der Waals surface area contributed by atoms with Crippen LogP contribution >= 0.6 is 0 Å². The van der Waals surface area contributed by atoms with Crippen LogP contribution in [0.25, 0.3) is 0 Å². The standard InChI is InChI=1S/C18H38N2/c1-6-8-9-10-11-12-13-20-15-17(18(3,4)5)19-14-16(20)7-2/h16-17,19H,6-15H2,1-5H3. The van der Waals surface area contributed by atoms with E-state index >= 15 is 0 Å². The van der Waals surface area contributed by atoms with Gasteiger partial charge in [0.25, 0.3) is 0 Å². The Morgan fingerprint density at radius 3 is 2.25 bits per heavy atom. The van der Waals surface area contributed by atoms with Crippen LogP contribution in [0.15, 0.2) is 0 Å². The molecule has 1 aliphatic rings. The molecule has 20 heavy (non-hydrogen) atoms. The lowest BCUT2D eigenvalue weighted by atomic mass is 9.84. The van der Waals surface area contributed by atoms with Crippen LogP contribution in [0.5, 0.6) is 0 Å². The molecule has 2 atom stereocenters. The average molecular weight is 283 g/mol. The zero-order valence-electron chi connectivity index (χ0n) is 14.7. The van der Waals surface area contributed by atoms with Crippen molar-refractivity contribution < 1.29 is 0 Å². The van der Waals surface area contributed by atoms with Gasteiger partial charge in [0, 0.05) is 25.2 Å². The van der Waals surface area contributed by atoms with E-state index in [1.807, 2.05) is 0 Å². The third kappa shape index (κ3) is 6.13. The third-order valence-corrected chi connectivity index (χ3v) is 4.85. The smallest absolute Gasteiger partial charge is 0.0244 e. The Bertz CT molecular complexity index is 244. The van der Waals surface area contributed by atoms with E-state index in [0.29, 0.717) is 11.5 Å². The van der Waals surface area contributed by atoms with E-state index in [-0.39, 0.29) is 0 Å². The number of hydrogen-bond acceptors (Lipinski definition) is 2. The van der Waals surface area contributed by atoms with Gasteiger partial charge in [-0.25, -0.2) is 0 Å². The number of nitrogens with one attached hydrogen (secondary N) is 1. The molecule has 0 aromatic heterocycles. The molecule has 1 rings (SSSR count). The minimum Gasteiger partial charge on any atom is -0.311 e. The van der Waals surface area contributed by atoms with Crippen molar-refractivity contribution in [3.05, 3.63) is 0 Å². The maximum Gasteiger partial charge on any atom is 0.0244 e. The Morgan fingerprint density at radius 2 is 1.65 bits per heavy atom. The van der Waals surface area contributed by atoms with Crippen molar-refractivity contribution in [1.29, 1.82) is 0 Å². The Kier molecular flexibility index (Phi) is 8.13. The third-order valence-electron chi connectivity index (χ3n) is 4.85. The summed E-state index contributed by atoms with van der Waals surface area (Å²) in [6.45, 7) is 15.4. The van der Waals surface area contributed by atoms with Crippen molar-refractivity contribution in [2.75, 3.05) is 19.6 Å². The number of hydrogen-bond donors (Lipinski definition) is 1. The van der Waals surface area contributed by atoms with Crippen LogP contribution in [-0.4, -0.2) is 36.6 Å².